The summed E-state index contributed by atoms with van der Waals surface area (Å²) in [5, 5.41) is 0.914. The van der Waals surface area contributed by atoms with Gasteiger partial charge < -0.3 is 9.80 Å². The largest absolute Gasteiger partial charge is 0.342 e. The summed E-state index contributed by atoms with van der Waals surface area (Å²) in [5.74, 6) is -0.186. The van der Waals surface area contributed by atoms with Crippen molar-refractivity contribution in [2.24, 2.45) is 0 Å². The molecule has 6 nitrogen and oxygen atoms in total. The average molecular weight is 355 g/mol. The molecule has 1 atom stereocenters. The van der Waals surface area contributed by atoms with Crippen molar-refractivity contribution < 1.29 is 9.59 Å². The van der Waals surface area contributed by atoms with Crippen LogP contribution in [0, 0.1) is 0 Å². The van der Waals surface area contributed by atoms with Crippen LogP contribution in [0.4, 0.5) is 0 Å². The van der Waals surface area contributed by atoms with Crippen molar-refractivity contribution >= 4 is 22.7 Å². The smallest absolute Gasteiger partial charge is 0.251 e. The second-order valence-electron chi connectivity index (χ2n) is 6.82. The molecular formula is C20H25N3O3. The van der Waals surface area contributed by atoms with E-state index in [0.29, 0.717) is 19.5 Å². The minimum atomic E-state index is -0.424. The zero-order valence-electron chi connectivity index (χ0n) is 15.4. The van der Waals surface area contributed by atoms with Crippen molar-refractivity contribution in [3.63, 3.8) is 0 Å². The Morgan fingerprint density at radius 3 is 2.65 bits per heavy atom. The molecule has 3 rings (SSSR count). The third kappa shape index (κ3) is 3.49. The number of amides is 2. The van der Waals surface area contributed by atoms with E-state index in [2.05, 4.69) is 6.92 Å². The normalized spacial score (nSPS) is 17.8. The van der Waals surface area contributed by atoms with Crippen molar-refractivity contribution in [3.8, 4) is 0 Å². The number of pyridine rings is 1. The van der Waals surface area contributed by atoms with Gasteiger partial charge in [-0.2, -0.15) is 0 Å². The summed E-state index contributed by atoms with van der Waals surface area (Å²) < 4.78 is 1.50. The number of benzene rings is 1. The van der Waals surface area contributed by atoms with Crippen LogP contribution < -0.4 is 5.56 Å². The third-order valence-electron chi connectivity index (χ3n) is 5.06. The lowest BCUT2D eigenvalue weighted by Gasteiger charge is -2.39. The van der Waals surface area contributed by atoms with Gasteiger partial charge in [0, 0.05) is 26.2 Å². The molecule has 138 valence electrons. The number of hydrogen-bond acceptors (Lipinski definition) is 3. The highest BCUT2D eigenvalue weighted by molar-refractivity contribution is 5.89. The van der Waals surface area contributed by atoms with E-state index < -0.39 is 6.04 Å². The fourth-order valence-corrected chi connectivity index (χ4v) is 3.52. The van der Waals surface area contributed by atoms with Gasteiger partial charge in [-0.1, -0.05) is 38.0 Å². The van der Waals surface area contributed by atoms with Crippen LogP contribution in [0.2, 0.25) is 0 Å². The molecule has 0 N–H and O–H groups in total. The number of para-hydroxylation sites is 1. The maximum Gasteiger partial charge on any atom is 0.251 e. The lowest BCUT2D eigenvalue weighted by atomic mass is 10.0. The van der Waals surface area contributed by atoms with E-state index in [-0.39, 0.29) is 23.9 Å². The molecule has 0 radical (unpaired) electrons. The first-order chi connectivity index (χ1) is 12.5. The Balaban J connectivity index is 1.88. The molecule has 2 amide bonds. The standard InChI is InChI=1S/C20H25N3O3/c1-3-4-8-17-20(26)21(2)12-13-22(17)19(25)14-23-16-9-6-5-7-15(16)10-11-18(23)24/h5-7,9-11,17H,3-4,8,12-14H2,1-2H3/t17-/m1/s1. The zero-order chi connectivity index (χ0) is 18.7. The van der Waals surface area contributed by atoms with Crippen LogP contribution >= 0.6 is 0 Å². The molecule has 1 aromatic heterocycles. The predicted molar refractivity (Wildman–Crippen MR) is 101 cm³/mol. The SMILES string of the molecule is CCCC[C@@H]1C(=O)N(C)CCN1C(=O)Cn1c(=O)ccc2ccccc21. The highest BCUT2D eigenvalue weighted by atomic mass is 16.2. The Bertz CT molecular complexity index is 874. The first kappa shape index (κ1) is 18.2. The second kappa shape index (κ2) is 7.72. The second-order valence-corrected chi connectivity index (χ2v) is 6.82. The number of nitrogens with zero attached hydrogens (tertiary/aromatic N) is 3. The van der Waals surface area contributed by atoms with Gasteiger partial charge in [0.25, 0.3) is 5.56 Å². The van der Waals surface area contributed by atoms with Gasteiger partial charge in [0.15, 0.2) is 0 Å². The van der Waals surface area contributed by atoms with Crippen LogP contribution in [-0.4, -0.2) is 52.4 Å². The van der Waals surface area contributed by atoms with Crippen LogP contribution in [0.1, 0.15) is 26.2 Å². The van der Waals surface area contributed by atoms with Crippen molar-refractivity contribution in [1.29, 1.82) is 0 Å². The number of unbranched alkanes of at least 4 members (excludes halogenated alkanes) is 1. The maximum absolute atomic E-state index is 13.0. The first-order valence-corrected chi connectivity index (χ1v) is 9.16. The van der Waals surface area contributed by atoms with Crippen molar-refractivity contribution in [1.82, 2.24) is 14.4 Å². The molecule has 1 aliphatic heterocycles. The molecule has 0 spiro atoms. The van der Waals surface area contributed by atoms with Crippen LogP contribution in [-0.2, 0) is 16.1 Å². The van der Waals surface area contributed by atoms with Gasteiger partial charge in [-0.3, -0.25) is 19.0 Å². The number of carbonyl (C=O) groups is 2. The number of piperazine rings is 1. The van der Waals surface area contributed by atoms with Gasteiger partial charge in [-0.25, -0.2) is 0 Å². The monoisotopic (exact) mass is 355 g/mol. The van der Waals surface area contributed by atoms with Gasteiger partial charge in [-0.15, -0.1) is 0 Å². The van der Waals surface area contributed by atoms with E-state index in [1.54, 1.807) is 22.9 Å². The molecule has 26 heavy (non-hydrogen) atoms. The molecule has 0 unspecified atom stereocenters. The fourth-order valence-electron chi connectivity index (χ4n) is 3.52. The van der Waals surface area contributed by atoms with Crippen molar-refractivity contribution in [2.75, 3.05) is 20.1 Å². The van der Waals surface area contributed by atoms with Gasteiger partial charge in [-0.05, 0) is 23.9 Å². The Labute approximate surface area is 153 Å². The molecule has 1 saturated heterocycles. The Morgan fingerprint density at radius 2 is 1.88 bits per heavy atom. The molecule has 0 aliphatic carbocycles. The van der Waals surface area contributed by atoms with E-state index in [9.17, 15) is 14.4 Å². The molecule has 0 bridgehead atoms. The molecular weight excluding hydrogens is 330 g/mol. The quantitative estimate of drug-likeness (QED) is 0.822. The van der Waals surface area contributed by atoms with Crippen LogP contribution in [0.25, 0.3) is 10.9 Å². The summed E-state index contributed by atoms with van der Waals surface area (Å²) in [5.41, 5.74) is 0.529. The van der Waals surface area contributed by atoms with E-state index in [0.717, 1.165) is 23.7 Å². The van der Waals surface area contributed by atoms with Crippen molar-refractivity contribution in [3.05, 3.63) is 46.8 Å². The Morgan fingerprint density at radius 1 is 1.12 bits per heavy atom. The highest BCUT2D eigenvalue weighted by Gasteiger charge is 2.35. The number of aromatic nitrogens is 1. The number of likely N-dealkylation sites (N-methyl/N-ethyl adjacent to an activating group) is 1. The zero-order valence-corrected chi connectivity index (χ0v) is 15.4. The molecule has 6 heteroatoms. The Hall–Kier alpha value is -2.63. The molecule has 0 saturated carbocycles. The lowest BCUT2D eigenvalue weighted by molar-refractivity contribution is -0.151. The van der Waals surface area contributed by atoms with E-state index in [4.69, 9.17) is 0 Å². The molecule has 2 aromatic rings. The maximum atomic E-state index is 13.0. The van der Waals surface area contributed by atoms with Gasteiger partial charge in [0.05, 0.1) is 5.52 Å². The topological polar surface area (TPSA) is 62.6 Å². The lowest BCUT2D eigenvalue weighted by Crippen LogP contribution is -2.58. The number of fused-ring (bicyclic) bond motifs is 1. The summed E-state index contributed by atoms with van der Waals surface area (Å²) in [7, 11) is 1.78. The van der Waals surface area contributed by atoms with Gasteiger partial charge >= 0.3 is 0 Å². The summed E-state index contributed by atoms with van der Waals surface area (Å²) >= 11 is 0. The molecule has 1 fully saturated rings. The summed E-state index contributed by atoms with van der Waals surface area (Å²) in [6, 6.07) is 10.3. The number of carbonyl (C=O) groups excluding carboxylic acids is 2. The van der Waals surface area contributed by atoms with Gasteiger partial charge in [0.2, 0.25) is 11.8 Å². The summed E-state index contributed by atoms with van der Waals surface area (Å²) in [6.45, 7) is 3.06. The van der Waals surface area contributed by atoms with Gasteiger partial charge in [0.1, 0.15) is 12.6 Å². The Kier molecular flexibility index (Phi) is 5.40. The van der Waals surface area contributed by atoms with Crippen LogP contribution in [0.3, 0.4) is 0 Å². The fraction of sp³-hybridized carbons (Fsp3) is 0.450. The van der Waals surface area contributed by atoms with E-state index >= 15 is 0 Å². The summed E-state index contributed by atoms with van der Waals surface area (Å²) in [6.07, 6.45) is 2.52. The molecule has 1 aliphatic rings. The predicted octanol–water partition coefficient (Wildman–Crippen LogP) is 1.86. The van der Waals surface area contributed by atoms with Crippen LogP contribution in [0.15, 0.2) is 41.2 Å². The van der Waals surface area contributed by atoms with E-state index in [1.165, 1.54) is 10.6 Å². The minimum absolute atomic E-state index is 0.0108. The average Bonchev–Trinajstić information content (AvgIpc) is 2.65. The highest BCUT2D eigenvalue weighted by Crippen LogP contribution is 2.18. The third-order valence-corrected chi connectivity index (χ3v) is 5.06. The minimum Gasteiger partial charge on any atom is -0.342 e. The molecule has 2 heterocycles. The number of hydrogen-bond donors (Lipinski definition) is 0. The summed E-state index contributed by atoms with van der Waals surface area (Å²) in [4.78, 5) is 41.2. The first-order valence-electron chi connectivity index (χ1n) is 9.16. The van der Waals surface area contributed by atoms with E-state index in [1.807, 2.05) is 24.3 Å². The number of rotatable bonds is 5. The van der Waals surface area contributed by atoms with Crippen molar-refractivity contribution in [2.45, 2.75) is 38.8 Å². The molecule has 1 aromatic carbocycles. The van der Waals surface area contributed by atoms with Crippen LogP contribution in [0.5, 0.6) is 0 Å².